The number of aryl methyl sites for hydroxylation is 2. The van der Waals surface area contributed by atoms with Gasteiger partial charge in [-0.1, -0.05) is 0 Å². The highest BCUT2D eigenvalue weighted by Gasteiger charge is 2.02. The van der Waals surface area contributed by atoms with Gasteiger partial charge in [0.05, 0.1) is 6.54 Å². The first kappa shape index (κ1) is 11.4. The smallest absolute Gasteiger partial charge is 0.224 e. The highest BCUT2D eigenvalue weighted by Crippen LogP contribution is 2.18. The monoisotopic (exact) mass is 253 g/mol. The number of nitrogens with one attached hydrogen (secondary N) is 1. The lowest BCUT2D eigenvalue weighted by molar-refractivity contribution is 1.07. The summed E-state index contributed by atoms with van der Waals surface area (Å²) in [7, 11) is 0. The summed E-state index contributed by atoms with van der Waals surface area (Å²) >= 11 is 7.52. The molecule has 2 aromatic rings. The zero-order valence-corrected chi connectivity index (χ0v) is 10.7. The fourth-order valence-corrected chi connectivity index (χ4v) is 2.31. The molecular weight excluding hydrogens is 242 g/mol. The number of hydrogen-bond donors (Lipinski definition) is 1. The number of thiophene rings is 1. The predicted octanol–water partition coefficient (Wildman–Crippen LogP) is 3.42. The number of rotatable bonds is 3. The van der Waals surface area contributed by atoms with Gasteiger partial charge in [0.15, 0.2) is 0 Å². The van der Waals surface area contributed by atoms with Crippen molar-refractivity contribution < 1.29 is 0 Å². The van der Waals surface area contributed by atoms with Crippen LogP contribution in [0.4, 0.5) is 5.82 Å². The predicted molar refractivity (Wildman–Crippen MR) is 68.2 cm³/mol. The third-order valence-corrected chi connectivity index (χ3v) is 3.35. The molecule has 0 aromatic carbocycles. The van der Waals surface area contributed by atoms with E-state index >= 15 is 0 Å². The van der Waals surface area contributed by atoms with Gasteiger partial charge in [-0.3, -0.25) is 0 Å². The van der Waals surface area contributed by atoms with Crippen molar-refractivity contribution in [2.75, 3.05) is 5.32 Å². The van der Waals surface area contributed by atoms with E-state index in [1.165, 1.54) is 9.75 Å². The number of nitrogens with zero attached hydrogens (tertiary/aromatic N) is 2. The minimum absolute atomic E-state index is 0.274. The van der Waals surface area contributed by atoms with E-state index in [0.29, 0.717) is 0 Å². The SMILES string of the molecule is Cc1ccc(CNc2nc(Cl)ncc2C)s1. The highest BCUT2D eigenvalue weighted by molar-refractivity contribution is 7.11. The summed E-state index contributed by atoms with van der Waals surface area (Å²) in [5.74, 6) is 0.797. The molecule has 2 aromatic heterocycles. The van der Waals surface area contributed by atoms with Gasteiger partial charge in [0.2, 0.25) is 5.28 Å². The van der Waals surface area contributed by atoms with Crippen molar-refractivity contribution in [3.05, 3.63) is 38.9 Å². The fourth-order valence-electron chi connectivity index (χ4n) is 1.35. The molecule has 0 aliphatic carbocycles. The van der Waals surface area contributed by atoms with E-state index in [-0.39, 0.29) is 5.28 Å². The topological polar surface area (TPSA) is 37.8 Å². The van der Waals surface area contributed by atoms with Crippen molar-refractivity contribution in [2.45, 2.75) is 20.4 Å². The average Bonchev–Trinajstić information content (AvgIpc) is 2.66. The molecule has 0 bridgehead atoms. The van der Waals surface area contributed by atoms with Crippen LogP contribution >= 0.6 is 22.9 Å². The minimum atomic E-state index is 0.274. The standard InChI is InChI=1S/C11H12ClN3S/c1-7-5-14-11(12)15-10(7)13-6-9-4-3-8(2)16-9/h3-5H,6H2,1-2H3,(H,13,14,15). The molecule has 0 saturated carbocycles. The molecular formula is C11H12ClN3S. The van der Waals surface area contributed by atoms with Crippen LogP contribution in [0, 0.1) is 13.8 Å². The van der Waals surface area contributed by atoms with E-state index in [9.17, 15) is 0 Å². The summed E-state index contributed by atoms with van der Waals surface area (Å²) in [5.41, 5.74) is 0.998. The molecule has 1 N–H and O–H groups in total. The maximum atomic E-state index is 5.74. The Balaban J connectivity index is 2.07. The molecule has 84 valence electrons. The van der Waals surface area contributed by atoms with Gasteiger partial charge in [0.25, 0.3) is 0 Å². The molecule has 0 atom stereocenters. The van der Waals surface area contributed by atoms with Crippen molar-refractivity contribution in [3.8, 4) is 0 Å². The molecule has 2 heterocycles. The summed E-state index contributed by atoms with van der Waals surface area (Å²) in [6.07, 6.45) is 1.72. The van der Waals surface area contributed by atoms with Crippen molar-refractivity contribution >= 4 is 28.8 Å². The van der Waals surface area contributed by atoms with Crippen molar-refractivity contribution in [3.63, 3.8) is 0 Å². The van der Waals surface area contributed by atoms with Gasteiger partial charge < -0.3 is 5.32 Å². The normalized spacial score (nSPS) is 10.4. The number of aromatic nitrogens is 2. The molecule has 3 nitrogen and oxygen atoms in total. The van der Waals surface area contributed by atoms with Crippen LogP contribution in [-0.4, -0.2) is 9.97 Å². The molecule has 0 radical (unpaired) electrons. The van der Waals surface area contributed by atoms with E-state index in [2.05, 4.69) is 34.3 Å². The summed E-state index contributed by atoms with van der Waals surface area (Å²) in [6, 6.07) is 4.23. The van der Waals surface area contributed by atoms with Gasteiger partial charge in [-0.15, -0.1) is 11.3 Å². The highest BCUT2D eigenvalue weighted by atomic mass is 35.5. The van der Waals surface area contributed by atoms with Crippen LogP contribution in [0.1, 0.15) is 15.3 Å². The largest absolute Gasteiger partial charge is 0.365 e. The summed E-state index contributed by atoms with van der Waals surface area (Å²) in [5, 5.41) is 3.53. The van der Waals surface area contributed by atoms with Crippen LogP contribution < -0.4 is 5.32 Å². The van der Waals surface area contributed by atoms with Crippen molar-refractivity contribution in [2.24, 2.45) is 0 Å². The van der Waals surface area contributed by atoms with Crippen molar-refractivity contribution in [1.82, 2.24) is 9.97 Å². The van der Waals surface area contributed by atoms with Gasteiger partial charge in [-0.05, 0) is 37.6 Å². The Hall–Kier alpha value is -1.13. The quantitative estimate of drug-likeness (QED) is 0.852. The Bertz CT molecular complexity index is 496. The second-order valence-corrected chi connectivity index (χ2v) is 5.25. The van der Waals surface area contributed by atoms with Gasteiger partial charge >= 0.3 is 0 Å². The van der Waals surface area contributed by atoms with Gasteiger partial charge in [-0.2, -0.15) is 0 Å². The van der Waals surface area contributed by atoms with E-state index in [0.717, 1.165) is 17.9 Å². The zero-order valence-electron chi connectivity index (χ0n) is 9.12. The lowest BCUT2D eigenvalue weighted by atomic mass is 10.3. The van der Waals surface area contributed by atoms with E-state index < -0.39 is 0 Å². The molecule has 5 heteroatoms. The summed E-state index contributed by atoms with van der Waals surface area (Å²) < 4.78 is 0. The third kappa shape index (κ3) is 2.71. The molecule has 0 saturated heterocycles. The molecule has 0 aliphatic rings. The number of anilines is 1. The van der Waals surface area contributed by atoms with E-state index in [4.69, 9.17) is 11.6 Å². The second kappa shape index (κ2) is 4.80. The second-order valence-electron chi connectivity index (χ2n) is 3.54. The molecule has 0 aliphatic heterocycles. The van der Waals surface area contributed by atoms with Crippen LogP contribution in [0.3, 0.4) is 0 Å². The first-order valence-electron chi connectivity index (χ1n) is 4.93. The molecule has 2 rings (SSSR count). The zero-order chi connectivity index (χ0) is 11.5. The van der Waals surface area contributed by atoms with Crippen LogP contribution in [0.5, 0.6) is 0 Å². The summed E-state index contributed by atoms with van der Waals surface area (Å²) in [4.78, 5) is 10.7. The van der Waals surface area contributed by atoms with Gasteiger partial charge in [-0.25, -0.2) is 9.97 Å². The summed E-state index contributed by atoms with van der Waals surface area (Å²) in [6.45, 7) is 4.83. The Morgan fingerprint density at radius 3 is 2.88 bits per heavy atom. The maximum Gasteiger partial charge on any atom is 0.224 e. The average molecular weight is 254 g/mol. The lowest BCUT2D eigenvalue weighted by Gasteiger charge is -2.06. The van der Waals surface area contributed by atoms with E-state index in [1.807, 2.05) is 6.92 Å². The van der Waals surface area contributed by atoms with Gasteiger partial charge in [0, 0.05) is 21.5 Å². The van der Waals surface area contributed by atoms with Crippen LogP contribution in [0.15, 0.2) is 18.3 Å². The first-order chi connectivity index (χ1) is 7.65. The Morgan fingerprint density at radius 1 is 1.38 bits per heavy atom. The third-order valence-electron chi connectivity index (χ3n) is 2.17. The molecule has 0 amide bonds. The molecule has 0 spiro atoms. The Kier molecular flexibility index (Phi) is 3.41. The number of hydrogen-bond acceptors (Lipinski definition) is 4. The Morgan fingerprint density at radius 2 is 2.19 bits per heavy atom. The molecule has 0 unspecified atom stereocenters. The minimum Gasteiger partial charge on any atom is -0.365 e. The van der Waals surface area contributed by atoms with Crippen LogP contribution in [-0.2, 0) is 6.54 Å². The lowest BCUT2D eigenvalue weighted by Crippen LogP contribution is -2.02. The maximum absolute atomic E-state index is 5.74. The van der Waals surface area contributed by atoms with Crippen LogP contribution in [0.25, 0.3) is 0 Å². The number of halogens is 1. The fraction of sp³-hybridized carbons (Fsp3) is 0.273. The Labute approximate surface area is 104 Å². The first-order valence-corrected chi connectivity index (χ1v) is 6.13. The molecule has 0 fully saturated rings. The molecule has 16 heavy (non-hydrogen) atoms. The van der Waals surface area contributed by atoms with Crippen LogP contribution in [0.2, 0.25) is 5.28 Å². The van der Waals surface area contributed by atoms with Gasteiger partial charge in [0.1, 0.15) is 5.82 Å². The van der Waals surface area contributed by atoms with E-state index in [1.54, 1.807) is 17.5 Å². The van der Waals surface area contributed by atoms with Crippen molar-refractivity contribution in [1.29, 1.82) is 0 Å².